The Balaban J connectivity index is 3.03. The summed E-state index contributed by atoms with van der Waals surface area (Å²) in [5.74, 6) is -1.48. The highest BCUT2D eigenvalue weighted by molar-refractivity contribution is 9.11. The van der Waals surface area contributed by atoms with Gasteiger partial charge in [-0.3, -0.25) is 0 Å². The summed E-state index contributed by atoms with van der Waals surface area (Å²) in [6.07, 6.45) is 2.43. The Labute approximate surface area is 77.0 Å². The van der Waals surface area contributed by atoms with Crippen molar-refractivity contribution in [3.63, 3.8) is 0 Å². The van der Waals surface area contributed by atoms with E-state index in [-0.39, 0.29) is 4.48 Å². The highest BCUT2D eigenvalue weighted by atomic mass is 79.9. The Bertz CT molecular complexity index is 271. The first-order valence-electron chi connectivity index (χ1n) is 3.17. The highest BCUT2D eigenvalue weighted by Gasteiger charge is 2.43. The number of carbonyl (C=O) groups is 1. The van der Waals surface area contributed by atoms with Crippen LogP contribution in [0.4, 0.5) is 0 Å². The standard InChI is InChI=1S/C7H7BrO4/c8-4-2-1-3-7(12,5(4)9)6(10)11/h1-3,5,9,12H,(H,10,11)/t5-,7+/m1/s1. The quantitative estimate of drug-likeness (QED) is 0.598. The van der Waals surface area contributed by atoms with Gasteiger partial charge in [0.05, 0.1) is 0 Å². The summed E-state index contributed by atoms with van der Waals surface area (Å²) in [4.78, 5) is 10.5. The highest BCUT2D eigenvalue weighted by Crippen LogP contribution is 2.27. The molecule has 0 spiro atoms. The third kappa shape index (κ3) is 1.31. The van der Waals surface area contributed by atoms with Crippen molar-refractivity contribution in [1.29, 1.82) is 0 Å². The normalized spacial score (nSPS) is 34.6. The molecule has 0 unspecified atom stereocenters. The number of aliphatic hydroxyl groups excluding tert-OH is 1. The molecule has 0 aromatic carbocycles. The molecule has 0 heterocycles. The maximum absolute atomic E-state index is 10.5. The molecule has 0 radical (unpaired) electrons. The molecule has 0 saturated heterocycles. The van der Waals surface area contributed by atoms with E-state index in [1.807, 2.05) is 0 Å². The van der Waals surface area contributed by atoms with Gasteiger partial charge < -0.3 is 15.3 Å². The van der Waals surface area contributed by atoms with E-state index in [0.29, 0.717) is 0 Å². The second-order valence-corrected chi connectivity index (χ2v) is 3.36. The van der Waals surface area contributed by atoms with Crippen LogP contribution < -0.4 is 0 Å². The molecule has 12 heavy (non-hydrogen) atoms. The molecule has 1 aliphatic carbocycles. The number of rotatable bonds is 1. The lowest BCUT2D eigenvalue weighted by atomic mass is 9.92. The predicted octanol–water partition coefficient (Wildman–Crippen LogP) is 0.0116. The summed E-state index contributed by atoms with van der Waals surface area (Å²) in [7, 11) is 0. The Morgan fingerprint density at radius 1 is 1.67 bits per heavy atom. The molecule has 4 nitrogen and oxygen atoms in total. The van der Waals surface area contributed by atoms with Crippen LogP contribution in [0, 0.1) is 0 Å². The van der Waals surface area contributed by atoms with E-state index in [0.717, 1.165) is 6.08 Å². The van der Waals surface area contributed by atoms with Crippen molar-refractivity contribution in [2.75, 3.05) is 0 Å². The minimum Gasteiger partial charge on any atom is -0.479 e. The molecule has 1 rings (SSSR count). The van der Waals surface area contributed by atoms with Crippen LogP contribution in [0.2, 0.25) is 0 Å². The molecule has 0 saturated carbocycles. The van der Waals surface area contributed by atoms with Gasteiger partial charge in [-0.25, -0.2) is 4.79 Å². The van der Waals surface area contributed by atoms with Gasteiger partial charge in [0.2, 0.25) is 5.60 Å². The molecular weight excluding hydrogens is 228 g/mol. The minimum atomic E-state index is -2.21. The number of aliphatic hydroxyl groups is 2. The van der Waals surface area contributed by atoms with Gasteiger partial charge in [0, 0.05) is 4.48 Å². The predicted molar refractivity (Wildman–Crippen MR) is 44.7 cm³/mol. The van der Waals surface area contributed by atoms with E-state index in [1.54, 1.807) is 0 Å². The van der Waals surface area contributed by atoms with Crippen molar-refractivity contribution in [2.45, 2.75) is 11.7 Å². The number of aliphatic carboxylic acids is 1. The number of hydrogen-bond acceptors (Lipinski definition) is 3. The molecule has 0 amide bonds. The van der Waals surface area contributed by atoms with Crippen LogP contribution in [0.5, 0.6) is 0 Å². The van der Waals surface area contributed by atoms with Gasteiger partial charge >= 0.3 is 5.97 Å². The maximum atomic E-state index is 10.5. The Morgan fingerprint density at radius 3 is 2.67 bits per heavy atom. The van der Waals surface area contributed by atoms with Crippen molar-refractivity contribution >= 4 is 21.9 Å². The van der Waals surface area contributed by atoms with Gasteiger partial charge in [0.25, 0.3) is 0 Å². The van der Waals surface area contributed by atoms with Gasteiger partial charge in [0.15, 0.2) is 0 Å². The fourth-order valence-corrected chi connectivity index (χ4v) is 1.37. The van der Waals surface area contributed by atoms with Crippen molar-refractivity contribution in [3.8, 4) is 0 Å². The fraction of sp³-hybridized carbons (Fsp3) is 0.286. The van der Waals surface area contributed by atoms with Crippen molar-refractivity contribution in [1.82, 2.24) is 0 Å². The summed E-state index contributed by atoms with van der Waals surface area (Å²) in [6.45, 7) is 0. The molecule has 0 bridgehead atoms. The first-order chi connectivity index (χ1) is 5.48. The first-order valence-corrected chi connectivity index (χ1v) is 3.96. The van der Waals surface area contributed by atoms with Crippen LogP contribution in [-0.4, -0.2) is 33.0 Å². The van der Waals surface area contributed by atoms with Crippen LogP contribution in [0.15, 0.2) is 22.7 Å². The van der Waals surface area contributed by atoms with Crippen LogP contribution >= 0.6 is 15.9 Å². The van der Waals surface area contributed by atoms with Crippen molar-refractivity contribution in [3.05, 3.63) is 22.7 Å². The van der Waals surface area contributed by atoms with Crippen molar-refractivity contribution < 1.29 is 20.1 Å². The Hall–Kier alpha value is -0.650. The minimum absolute atomic E-state index is 0.245. The number of carboxylic acids is 1. The van der Waals surface area contributed by atoms with E-state index in [1.165, 1.54) is 12.2 Å². The summed E-state index contributed by atoms with van der Waals surface area (Å²) in [6, 6.07) is 0. The number of hydrogen-bond donors (Lipinski definition) is 3. The van der Waals surface area contributed by atoms with Gasteiger partial charge in [-0.2, -0.15) is 0 Å². The Morgan fingerprint density at radius 2 is 2.25 bits per heavy atom. The second kappa shape index (κ2) is 3.01. The Kier molecular flexibility index (Phi) is 2.36. The zero-order valence-corrected chi connectivity index (χ0v) is 7.52. The average molecular weight is 235 g/mol. The second-order valence-electron chi connectivity index (χ2n) is 2.44. The molecule has 0 aromatic heterocycles. The average Bonchev–Trinajstić information content (AvgIpc) is 2.00. The lowest BCUT2D eigenvalue weighted by Gasteiger charge is -2.27. The molecule has 5 heteroatoms. The first kappa shape index (κ1) is 9.44. The zero-order chi connectivity index (χ0) is 9.35. The van der Waals surface area contributed by atoms with Gasteiger partial charge in [-0.05, 0) is 12.2 Å². The van der Waals surface area contributed by atoms with E-state index in [2.05, 4.69) is 15.9 Å². The van der Waals surface area contributed by atoms with E-state index >= 15 is 0 Å². The fourth-order valence-electron chi connectivity index (χ4n) is 0.867. The summed E-state index contributed by atoms with van der Waals surface area (Å²) >= 11 is 2.93. The molecule has 66 valence electrons. The van der Waals surface area contributed by atoms with Crippen LogP contribution in [-0.2, 0) is 4.79 Å². The van der Waals surface area contributed by atoms with E-state index in [9.17, 15) is 15.0 Å². The molecular formula is C7H7BrO4. The molecule has 2 atom stereocenters. The molecule has 0 fully saturated rings. The lowest BCUT2D eigenvalue weighted by molar-refractivity contribution is -0.160. The summed E-state index contributed by atoms with van der Waals surface area (Å²) in [5.41, 5.74) is -2.21. The van der Waals surface area contributed by atoms with E-state index < -0.39 is 17.7 Å². The summed E-state index contributed by atoms with van der Waals surface area (Å²) < 4.78 is 0.245. The monoisotopic (exact) mass is 234 g/mol. The van der Waals surface area contributed by atoms with Crippen molar-refractivity contribution in [2.24, 2.45) is 0 Å². The third-order valence-electron chi connectivity index (χ3n) is 1.63. The van der Waals surface area contributed by atoms with E-state index in [4.69, 9.17) is 5.11 Å². The zero-order valence-electron chi connectivity index (χ0n) is 5.94. The maximum Gasteiger partial charge on any atom is 0.342 e. The number of allylic oxidation sites excluding steroid dienone is 2. The summed E-state index contributed by atoms with van der Waals surface area (Å²) in [5, 5.41) is 27.2. The van der Waals surface area contributed by atoms with Crippen LogP contribution in [0.3, 0.4) is 0 Å². The van der Waals surface area contributed by atoms with Gasteiger partial charge in [-0.1, -0.05) is 22.0 Å². The molecule has 0 aromatic rings. The third-order valence-corrected chi connectivity index (χ3v) is 2.32. The van der Waals surface area contributed by atoms with Crippen LogP contribution in [0.25, 0.3) is 0 Å². The lowest BCUT2D eigenvalue weighted by Crippen LogP contribution is -2.49. The van der Waals surface area contributed by atoms with Gasteiger partial charge in [0.1, 0.15) is 6.10 Å². The van der Waals surface area contributed by atoms with Gasteiger partial charge in [-0.15, -0.1) is 0 Å². The number of carboxylic acid groups (broad SMARTS) is 1. The smallest absolute Gasteiger partial charge is 0.342 e. The molecule has 0 aliphatic heterocycles. The largest absolute Gasteiger partial charge is 0.479 e. The SMILES string of the molecule is O=C(O)[C@]1(O)C=CC=C(Br)[C@H]1O. The topological polar surface area (TPSA) is 77.8 Å². The number of halogens is 1. The molecule has 1 aliphatic rings. The van der Waals surface area contributed by atoms with Crippen LogP contribution in [0.1, 0.15) is 0 Å². The molecule has 3 N–H and O–H groups in total.